The number of ether oxygens (including phenoxy) is 1. The van der Waals surface area contributed by atoms with Gasteiger partial charge in [0.05, 0.1) is 18.3 Å². The van der Waals surface area contributed by atoms with E-state index in [4.69, 9.17) is 9.72 Å². The van der Waals surface area contributed by atoms with Gasteiger partial charge in [0, 0.05) is 38.7 Å². The third kappa shape index (κ3) is 3.00. The highest BCUT2D eigenvalue weighted by Gasteiger charge is 2.26. The lowest BCUT2D eigenvalue weighted by Crippen LogP contribution is -2.29. The second kappa shape index (κ2) is 6.53. The quantitative estimate of drug-likeness (QED) is 0.858. The molecule has 1 atom stereocenters. The number of aromatic nitrogens is 2. The second-order valence-corrected chi connectivity index (χ2v) is 5.73. The molecule has 108 valence electrons. The van der Waals surface area contributed by atoms with Crippen molar-refractivity contribution in [3.8, 4) is 0 Å². The molecule has 0 aliphatic carbocycles. The fraction of sp³-hybridized carbons (Fsp3) is 0.800. The maximum atomic E-state index is 5.45. The maximum Gasteiger partial charge on any atom is 0.109 e. The van der Waals surface area contributed by atoms with Crippen LogP contribution in [0.4, 0.5) is 0 Å². The number of rotatable bonds is 6. The predicted octanol–water partition coefficient (Wildman–Crippen LogP) is 2.32. The highest BCUT2D eigenvalue weighted by atomic mass is 16.5. The highest BCUT2D eigenvalue weighted by molar-refractivity contribution is 5.21. The van der Waals surface area contributed by atoms with E-state index < -0.39 is 0 Å². The van der Waals surface area contributed by atoms with Crippen LogP contribution in [0.2, 0.25) is 0 Å². The minimum atomic E-state index is 0.404. The topological polar surface area (TPSA) is 39.1 Å². The van der Waals surface area contributed by atoms with Gasteiger partial charge in [-0.1, -0.05) is 20.8 Å². The summed E-state index contributed by atoms with van der Waals surface area (Å²) in [5.74, 6) is 1.80. The van der Waals surface area contributed by atoms with Crippen molar-refractivity contribution in [2.75, 3.05) is 20.3 Å². The van der Waals surface area contributed by atoms with Gasteiger partial charge < -0.3 is 14.6 Å². The molecular weight excluding hydrogens is 238 g/mol. The van der Waals surface area contributed by atoms with Crippen LogP contribution in [0.1, 0.15) is 50.4 Å². The van der Waals surface area contributed by atoms with Crippen molar-refractivity contribution in [2.45, 2.75) is 52.6 Å². The molecule has 0 saturated heterocycles. The standard InChI is InChI=1S/C15H27N3O/c1-5-6-15-17-12-9-16-8-7-13(12)18(15)14(10-19-4)11(2)3/h11,14,16H,5-10H2,1-4H3. The number of hydrogen-bond acceptors (Lipinski definition) is 3. The maximum absolute atomic E-state index is 5.45. The average Bonchev–Trinajstić information content (AvgIpc) is 2.74. The number of methoxy groups -OCH3 is 1. The molecule has 1 N–H and O–H groups in total. The Labute approximate surface area is 116 Å². The molecule has 2 rings (SSSR count). The molecule has 0 aromatic carbocycles. The van der Waals surface area contributed by atoms with Crippen LogP contribution in [-0.4, -0.2) is 29.8 Å². The molecule has 4 heteroatoms. The van der Waals surface area contributed by atoms with Gasteiger partial charge in [-0.25, -0.2) is 4.98 Å². The SMILES string of the molecule is CCCc1nc2c(n1C(COC)C(C)C)CCNC2. The van der Waals surface area contributed by atoms with Gasteiger partial charge in [-0.3, -0.25) is 0 Å². The zero-order valence-electron chi connectivity index (χ0n) is 12.7. The van der Waals surface area contributed by atoms with Gasteiger partial charge in [0.2, 0.25) is 0 Å². The van der Waals surface area contributed by atoms with Gasteiger partial charge in [-0.2, -0.15) is 0 Å². The minimum absolute atomic E-state index is 0.404. The van der Waals surface area contributed by atoms with Crippen molar-refractivity contribution in [3.63, 3.8) is 0 Å². The van der Waals surface area contributed by atoms with Crippen molar-refractivity contribution >= 4 is 0 Å². The van der Waals surface area contributed by atoms with Crippen molar-refractivity contribution in [1.82, 2.24) is 14.9 Å². The van der Waals surface area contributed by atoms with Gasteiger partial charge in [0.1, 0.15) is 5.82 Å². The molecule has 0 saturated carbocycles. The summed E-state index contributed by atoms with van der Waals surface area (Å²) in [5.41, 5.74) is 2.68. The summed E-state index contributed by atoms with van der Waals surface area (Å²) in [6.45, 7) is 9.50. The molecule has 0 fully saturated rings. The molecule has 0 spiro atoms. The Morgan fingerprint density at radius 3 is 2.84 bits per heavy atom. The summed E-state index contributed by atoms with van der Waals surface area (Å²) < 4.78 is 7.93. The van der Waals surface area contributed by atoms with Crippen LogP contribution in [0.15, 0.2) is 0 Å². The van der Waals surface area contributed by atoms with Gasteiger partial charge >= 0.3 is 0 Å². The number of nitrogens with one attached hydrogen (secondary N) is 1. The third-order valence-electron chi connectivity index (χ3n) is 3.91. The summed E-state index contributed by atoms with van der Waals surface area (Å²) in [6.07, 6.45) is 3.28. The van der Waals surface area contributed by atoms with Crippen LogP contribution in [0.5, 0.6) is 0 Å². The van der Waals surface area contributed by atoms with E-state index in [1.54, 1.807) is 7.11 Å². The van der Waals surface area contributed by atoms with Crippen LogP contribution in [0, 0.1) is 5.92 Å². The first-order chi connectivity index (χ1) is 9.19. The lowest BCUT2D eigenvalue weighted by molar-refractivity contribution is 0.130. The first kappa shape index (κ1) is 14.5. The highest BCUT2D eigenvalue weighted by Crippen LogP contribution is 2.27. The lowest BCUT2D eigenvalue weighted by atomic mass is 10.0. The summed E-state index contributed by atoms with van der Waals surface area (Å²) in [5, 5.41) is 3.42. The molecule has 1 aliphatic rings. The van der Waals surface area contributed by atoms with Gasteiger partial charge in [-0.05, 0) is 12.3 Å². The monoisotopic (exact) mass is 265 g/mol. The molecule has 4 nitrogen and oxygen atoms in total. The van der Waals surface area contributed by atoms with Gasteiger partial charge in [-0.15, -0.1) is 0 Å². The Kier molecular flexibility index (Phi) is 4.99. The molecule has 0 bridgehead atoms. The zero-order chi connectivity index (χ0) is 13.8. The fourth-order valence-electron chi connectivity index (χ4n) is 2.92. The Balaban J connectivity index is 2.41. The number of imidazole rings is 1. The Bertz CT molecular complexity index is 412. The Morgan fingerprint density at radius 2 is 2.21 bits per heavy atom. The van der Waals surface area contributed by atoms with E-state index in [0.717, 1.165) is 39.0 Å². The van der Waals surface area contributed by atoms with E-state index in [2.05, 4.69) is 30.7 Å². The van der Waals surface area contributed by atoms with Crippen molar-refractivity contribution in [2.24, 2.45) is 5.92 Å². The molecule has 1 aromatic rings. The largest absolute Gasteiger partial charge is 0.383 e. The number of hydrogen-bond donors (Lipinski definition) is 1. The van der Waals surface area contributed by atoms with Crippen LogP contribution in [0.25, 0.3) is 0 Å². The summed E-state index contributed by atoms with van der Waals surface area (Å²) >= 11 is 0. The van der Waals surface area contributed by atoms with Crippen LogP contribution in [-0.2, 0) is 24.1 Å². The number of fused-ring (bicyclic) bond motifs is 1. The van der Waals surface area contributed by atoms with E-state index in [9.17, 15) is 0 Å². The van der Waals surface area contributed by atoms with E-state index in [0.29, 0.717) is 12.0 Å². The Morgan fingerprint density at radius 1 is 1.42 bits per heavy atom. The lowest BCUT2D eigenvalue weighted by Gasteiger charge is -2.27. The molecule has 19 heavy (non-hydrogen) atoms. The van der Waals surface area contributed by atoms with E-state index in [-0.39, 0.29) is 0 Å². The molecule has 2 heterocycles. The summed E-state index contributed by atoms with van der Waals surface area (Å²) in [7, 11) is 1.79. The van der Waals surface area contributed by atoms with Crippen LogP contribution in [0.3, 0.4) is 0 Å². The van der Waals surface area contributed by atoms with E-state index >= 15 is 0 Å². The first-order valence-corrected chi connectivity index (χ1v) is 7.47. The summed E-state index contributed by atoms with van der Waals surface area (Å²) in [4.78, 5) is 4.87. The van der Waals surface area contributed by atoms with E-state index in [1.165, 1.54) is 17.2 Å². The normalized spacial score (nSPS) is 16.7. The Hall–Kier alpha value is -0.870. The minimum Gasteiger partial charge on any atom is -0.383 e. The number of aryl methyl sites for hydroxylation is 1. The zero-order valence-corrected chi connectivity index (χ0v) is 12.7. The van der Waals surface area contributed by atoms with Gasteiger partial charge in [0.15, 0.2) is 0 Å². The fourth-order valence-corrected chi connectivity index (χ4v) is 2.92. The van der Waals surface area contributed by atoms with Crippen molar-refractivity contribution < 1.29 is 4.74 Å². The smallest absolute Gasteiger partial charge is 0.109 e. The van der Waals surface area contributed by atoms with Gasteiger partial charge in [0.25, 0.3) is 0 Å². The first-order valence-electron chi connectivity index (χ1n) is 7.47. The van der Waals surface area contributed by atoms with E-state index in [1.807, 2.05) is 0 Å². The molecule has 0 amide bonds. The molecular formula is C15H27N3O. The summed E-state index contributed by atoms with van der Waals surface area (Å²) in [6, 6.07) is 0.404. The van der Waals surface area contributed by atoms with Crippen LogP contribution < -0.4 is 5.32 Å². The van der Waals surface area contributed by atoms with Crippen LogP contribution >= 0.6 is 0 Å². The van der Waals surface area contributed by atoms with Crippen molar-refractivity contribution in [1.29, 1.82) is 0 Å². The molecule has 1 aliphatic heterocycles. The van der Waals surface area contributed by atoms with Crippen molar-refractivity contribution in [3.05, 3.63) is 17.2 Å². The predicted molar refractivity (Wildman–Crippen MR) is 77.4 cm³/mol. The molecule has 1 unspecified atom stereocenters. The molecule has 1 aromatic heterocycles. The number of nitrogens with zero attached hydrogens (tertiary/aromatic N) is 2. The second-order valence-electron chi connectivity index (χ2n) is 5.73. The average molecular weight is 265 g/mol. The third-order valence-corrected chi connectivity index (χ3v) is 3.91. The molecule has 0 radical (unpaired) electrons.